The maximum atomic E-state index is 13.9. The Labute approximate surface area is 134 Å². The maximum absolute atomic E-state index is 13.9. The molecule has 0 atom stereocenters. The highest BCUT2D eigenvalue weighted by atomic mass is 19.1. The van der Waals surface area contributed by atoms with Gasteiger partial charge in [-0.05, 0) is 24.3 Å². The molecule has 0 spiro atoms. The molecule has 24 heavy (non-hydrogen) atoms. The van der Waals surface area contributed by atoms with Crippen molar-refractivity contribution in [3.8, 4) is 23.0 Å². The standard InChI is InChI=1S/C16H8F2N4O2/c17-11-2-1-3-12(18)15(11)10-4-5-14(21-13(10)6-19)22-8-9(7-20-22)16(23)24/h1-5,7-8H,(H,23,24). The molecule has 8 heteroatoms. The first-order valence-corrected chi connectivity index (χ1v) is 6.65. The number of aromatic nitrogens is 3. The van der Waals surface area contributed by atoms with E-state index >= 15 is 0 Å². The Kier molecular flexibility index (Phi) is 3.75. The molecule has 0 radical (unpaired) electrons. The molecule has 3 aromatic rings. The van der Waals surface area contributed by atoms with Gasteiger partial charge in [-0.15, -0.1) is 0 Å². The van der Waals surface area contributed by atoms with Crippen LogP contribution < -0.4 is 0 Å². The first kappa shape index (κ1) is 15.3. The van der Waals surface area contributed by atoms with E-state index in [0.717, 1.165) is 23.0 Å². The average Bonchev–Trinajstić information content (AvgIpc) is 3.05. The Balaban J connectivity index is 2.12. The van der Waals surface area contributed by atoms with Crippen molar-refractivity contribution in [1.29, 1.82) is 5.26 Å². The number of benzene rings is 1. The number of halogens is 2. The fraction of sp³-hybridized carbons (Fsp3) is 0. The minimum Gasteiger partial charge on any atom is -0.478 e. The molecule has 0 fully saturated rings. The van der Waals surface area contributed by atoms with E-state index in [4.69, 9.17) is 5.11 Å². The summed E-state index contributed by atoms with van der Waals surface area (Å²) in [6.07, 6.45) is 2.34. The van der Waals surface area contributed by atoms with Crippen LogP contribution in [0.4, 0.5) is 8.78 Å². The predicted octanol–water partition coefficient (Wildman–Crippen LogP) is 2.78. The molecule has 0 aliphatic heterocycles. The van der Waals surface area contributed by atoms with E-state index in [1.54, 1.807) is 6.07 Å². The van der Waals surface area contributed by atoms with E-state index in [-0.39, 0.29) is 28.2 Å². The Morgan fingerprint density at radius 2 is 1.92 bits per heavy atom. The number of rotatable bonds is 3. The first-order chi connectivity index (χ1) is 11.5. The molecule has 1 N–H and O–H groups in total. The van der Waals surface area contributed by atoms with Gasteiger partial charge in [0, 0.05) is 11.8 Å². The minimum absolute atomic E-state index is 0.00228. The molecule has 3 rings (SSSR count). The molecule has 0 aliphatic rings. The third kappa shape index (κ3) is 2.59. The molecule has 2 heterocycles. The van der Waals surface area contributed by atoms with Crippen molar-refractivity contribution in [2.45, 2.75) is 0 Å². The number of hydrogen-bond acceptors (Lipinski definition) is 4. The van der Waals surface area contributed by atoms with Gasteiger partial charge in [0.15, 0.2) is 11.5 Å². The molecule has 0 saturated carbocycles. The van der Waals surface area contributed by atoms with Crippen LogP contribution in [0.3, 0.4) is 0 Å². The zero-order valence-electron chi connectivity index (χ0n) is 11.9. The topological polar surface area (TPSA) is 91.8 Å². The number of carboxylic acid groups (broad SMARTS) is 1. The Hall–Kier alpha value is -3.60. The minimum atomic E-state index is -1.16. The summed E-state index contributed by atoms with van der Waals surface area (Å²) in [5.74, 6) is -2.63. The maximum Gasteiger partial charge on any atom is 0.338 e. The number of nitrogens with zero attached hydrogens (tertiary/aromatic N) is 4. The fourth-order valence-electron chi connectivity index (χ4n) is 2.18. The molecule has 0 saturated heterocycles. The molecule has 118 valence electrons. The second-order valence-electron chi connectivity index (χ2n) is 4.75. The number of carbonyl (C=O) groups is 1. The van der Waals surface area contributed by atoms with Crippen molar-refractivity contribution in [2.75, 3.05) is 0 Å². The predicted molar refractivity (Wildman–Crippen MR) is 78.4 cm³/mol. The summed E-state index contributed by atoms with van der Waals surface area (Å²) in [6.45, 7) is 0. The summed E-state index contributed by atoms with van der Waals surface area (Å²) in [5, 5.41) is 22.0. The lowest BCUT2D eigenvalue weighted by Gasteiger charge is -2.08. The number of aromatic carboxylic acids is 1. The number of pyridine rings is 1. The fourth-order valence-corrected chi connectivity index (χ4v) is 2.18. The summed E-state index contributed by atoms with van der Waals surface area (Å²) in [6, 6.07) is 7.90. The van der Waals surface area contributed by atoms with Crippen LogP contribution in [0.2, 0.25) is 0 Å². The highest BCUT2D eigenvalue weighted by Crippen LogP contribution is 2.28. The third-order valence-electron chi connectivity index (χ3n) is 3.28. The van der Waals surface area contributed by atoms with Gasteiger partial charge in [-0.1, -0.05) is 6.07 Å². The molecule has 0 amide bonds. The lowest BCUT2D eigenvalue weighted by Crippen LogP contribution is -2.02. The Morgan fingerprint density at radius 3 is 2.50 bits per heavy atom. The largest absolute Gasteiger partial charge is 0.478 e. The Bertz CT molecular complexity index is 972. The van der Waals surface area contributed by atoms with Gasteiger partial charge in [0.2, 0.25) is 0 Å². The zero-order chi connectivity index (χ0) is 17.3. The van der Waals surface area contributed by atoms with Crippen LogP contribution in [-0.2, 0) is 0 Å². The van der Waals surface area contributed by atoms with Crippen molar-refractivity contribution >= 4 is 5.97 Å². The van der Waals surface area contributed by atoms with E-state index in [0.29, 0.717) is 0 Å². The van der Waals surface area contributed by atoms with Crippen molar-refractivity contribution in [1.82, 2.24) is 14.8 Å². The second-order valence-corrected chi connectivity index (χ2v) is 4.75. The normalized spacial score (nSPS) is 10.4. The van der Waals surface area contributed by atoms with Gasteiger partial charge >= 0.3 is 5.97 Å². The van der Waals surface area contributed by atoms with E-state index in [9.17, 15) is 18.8 Å². The zero-order valence-corrected chi connectivity index (χ0v) is 11.9. The summed E-state index contributed by atoms with van der Waals surface area (Å²) >= 11 is 0. The van der Waals surface area contributed by atoms with Crippen LogP contribution in [0.5, 0.6) is 0 Å². The molecule has 0 bridgehead atoms. The van der Waals surface area contributed by atoms with Crippen LogP contribution in [0.1, 0.15) is 16.1 Å². The number of carboxylic acids is 1. The lowest BCUT2D eigenvalue weighted by molar-refractivity contribution is 0.0697. The SMILES string of the molecule is N#Cc1nc(-n2cc(C(=O)O)cn2)ccc1-c1c(F)cccc1F. The van der Waals surface area contributed by atoms with Gasteiger partial charge in [-0.2, -0.15) is 10.4 Å². The molecule has 0 unspecified atom stereocenters. The van der Waals surface area contributed by atoms with Gasteiger partial charge in [-0.3, -0.25) is 0 Å². The van der Waals surface area contributed by atoms with E-state index in [1.807, 2.05) is 0 Å². The van der Waals surface area contributed by atoms with Crippen LogP contribution in [0.15, 0.2) is 42.7 Å². The van der Waals surface area contributed by atoms with E-state index in [1.165, 1.54) is 24.4 Å². The average molecular weight is 326 g/mol. The van der Waals surface area contributed by atoms with Crippen molar-refractivity contribution in [2.24, 2.45) is 0 Å². The number of hydrogen-bond donors (Lipinski definition) is 1. The molecule has 2 aromatic heterocycles. The van der Waals surface area contributed by atoms with E-state index < -0.39 is 17.6 Å². The smallest absolute Gasteiger partial charge is 0.338 e. The molecule has 6 nitrogen and oxygen atoms in total. The summed E-state index contributed by atoms with van der Waals surface area (Å²) in [5.41, 5.74) is -0.606. The van der Waals surface area contributed by atoms with Crippen LogP contribution in [-0.4, -0.2) is 25.8 Å². The number of nitriles is 1. The van der Waals surface area contributed by atoms with Crippen LogP contribution in [0.25, 0.3) is 16.9 Å². The summed E-state index contributed by atoms with van der Waals surface area (Å²) in [4.78, 5) is 14.9. The van der Waals surface area contributed by atoms with Gasteiger partial charge in [0.05, 0.1) is 17.3 Å². The van der Waals surface area contributed by atoms with Gasteiger partial charge in [0.25, 0.3) is 0 Å². The molecule has 0 aliphatic carbocycles. The molecule has 1 aromatic carbocycles. The third-order valence-corrected chi connectivity index (χ3v) is 3.28. The quantitative estimate of drug-likeness (QED) is 0.799. The summed E-state index contributed by atoms with van der Waals surface area (Å²) < 4.78 is 29.0. The highest BCUT2D eigenvalue weighted by Gasteiger charge is 2.17. The second kappa shape index (κ2) is 5.89. The molecular weight excluding hydrogens is 318 g/mol. The van der Waals surface area contributed by atoms with Gasteiger partial charge in [-0.25, -0.2) is 23.2 Å². The Morgan fingerprint density at radius 1 is 1.21 bits per heavy atom. The highest BCUT2D eigenvalue weighted by molar-refractivity contribution is 5.87. The van der Waals surface area contributed by atoms with Crippen molar-refractivity contribution in [3.05, 3.63) is 65.6 Å². The monoisotopic (exact) mass is 326 g/mol. The van der Waals surface area contributed by atoms with Crippen molar-refractivity contribution in [3.63, 3.8) is 0 Å². The summed E-state index contributed by atoms with van der Waals surface area (Å²) in [7, 11) is 0. The lowest BCUT2D eigenvalue weighted by atomic mass is 10.0. The van der Waals surface area contributed by atoms with Crippen LogP contribution in [0, 0.1) is 23.0 Å². The molecular formula is C16H8F2N4O2. The van der Waals surface area contributed by atoms with Crippen LogP contribution >= 0.6 is 0 Å². The van der Waals surface area contributed by atoms with Gasteiger partial charge in [0.1, 0.15) is 17.7 Å². The van der Waals surface area contributed by atoms with Gasteiger partial charge < -0.3 is 5.11 Å². The van der Waals surface area contributed by atoms with Crippen molar-refractivity contribution < 1.29 is 18.7 Å². The van der Waals surface area contributed by atoms with E-state index in [2.05, 4.69) is 10.1 Å². The first-order valence-electron chi connectivity index (χ1n) is 6.65.